The van der Waals surface area contributed by atoms with Gasteiger partial charge in [-0.2, -0.15) is 4.52 Å². The molecule has 32 heavy (non-hydrogen) atoms. The van der Waals surface area contributed by atoms with Crippen LogP contribution in [0.4, 0.5) is 11.5 Å². The number of anilines is 2. The number of aromatic nitrogens is 4. The molecule has 0 aliphatic carbocycles. The molecule has 162 valence electrons. The molecule has 0 unspecified atom stereocenters. The lowest BCUT2D eigenvalue weighted by atomic mass is 10.3. The smallest absolute Gasteiger partial charge is 0.229 e. The third-order valence-corrected chi connectivity index (χ3v) is 7.57. The van der Waals surface area contributed by atoms with Gasteiger partial charge in [0.05, 0.1) is 27.4 Å². The summed E-state index contributed by atoms with van der Waals surface area (Å²) in [4.78, 5) is 4.68. The molecule has 8 nitrogen and oxygen atoms in total. The van der Waals surface area contributed by atoms with Gasteiger partial charge >= 0.3 is 0 Å². The minimum Gasteiger partial charge on any atom is -0.492 e. The van der Waals surface area contributed by atoms with Gasteiger partial charge in [-0.1, -0.05) is 28.9 Å². The quantitative estimate of drug-likeness (QED) is 0.362. The van der Waals surface area contributed by atoms with Crippen LogP contribution in [0.1, 0.15) is 6.92 Å². The molecular formula is C21H16ClN5O3S2. The number of sulfone groups is 1. The third kappa shape index (κ3) is 3.46. The summed E-state index contributed by atoms with van der Waals surface area (Å²) in [5.41, 5.74) is 1.54. The van der Waals surface area contributed by atoms with E-state index in [1.165, 1.54) is 40.1 Å². The minimum atomic E-state index is -3.96. The van der Waals surface area contributed by atoms with Crippen LogP contribution in [0.3, 0.4) is 0 Å². The summed E-state index contributed by atoms with van der Waals surface area (Å²) in [5, 5.41) is 13.4. The number of nitrogens with zero attached hydrogens (tertiary/aromatic N) is 4. The topological polar surface area (TPSA) is 98.5 Å². The molecule has 1 N–H and O–H groups in total. The van der Waals surface area contributed by atoms with Crippen LogP contribution in [0.5, 0.6) is 5.75 Å². The highest BCUT2D eigenvalue weighted by atomic mass is 35.5. The van der Waals surface area contributed by atoms with Crippen LogP contribution in [-0.4, -0.2) is 34.8 Å². The van der Waals surface area contributed by atoms with E-state index in [0.29, 0.717) is 28.7 Å². The SMILES string of the molecule is CCOc1ccccc1Nc1nc2c(S(=O)(=O)c3ccc(Cl)cc3)nnn2c2ccsc12. The molecule has 0 saturated carbocycles. The number of para-hydroxylation sites is 2. The highest BCUT2D eigenvalue weighted by molar-refractivity contribution is 7.91. The summed E-state index contributed by atoms with van der Waals surface area (Å²) in [6, 6.07) is 15.2. The van der Waals surface area contributed by atoms with E-state index >= 15 is 0 Å². The lowest BCUT2D eigenvalue weighted by molar-refractivity contribution is 0.342. The van der Waals surface area contributed by atoms with Crippen molar-refractivity contribution in [3.05, 3.63) is 65.0 Å². The van der Waals surface area contributed by atoms with E-state index in [1.807, 2.05) is 42.6 Å². The van der Waals surface area contributed by atoms with Crippen molar-refractivity contribution in [1.29, 1.82) is 0 Å². The molecule has 0 amide bonds. The molecule has 0 radical (unpaired) electrons. The fraction of sp³-hybridized carbons (Fsp3) is 0.0952. The van der Waals surface area contributed by atoms with Gasteiger partial charge in [0.1, 0.15) is 5.75 Å². The molecule has 3 heterocycles. The summed E-state index contributed by atoms with van der Waals surface area (Å²) in [6.07, 6.45) is 0. The van der Waals surface area contributed by atoms with Crippen LogP contribution < -0.4 is 10.1 Å². The second-order valence-corrected chi connectivity index (χ2v) is 9.95. The first-order chi connectivity index (χ1) is 15.5. The fourth-order valence-corrected chi connectivity index (χ4v) is 5.46. The molecule has 11 heteroatoms. The fourth-order valence-electron chi connectivity index (χ4n) is 3.29. The average molecular weight is 486 g/mol. The molecule has 0 aliphatic heterocycles. The van der Waals surface area contributed by atoms with Gasteiger partial charge in [-0.3, -0.25) is 0 Å². The molecule has 2 aromatic carbocycles. The molecule has 0 aliphatic rings. The van der Waals surface area contributed by atoms with Gasteiger partial charge in [0.15, 0.2) is 11.5 Å². The predicted molar refractivity (Wildman–Crippen MR) is 124 cm³/mol. The molecule has 0 atom stereocenters. The standard InChI is InChI=1S/C21H16ClN5O3S2/c1-2-30-17-6-4-3-5-15(17)23-19-18-16(11-12-31-18)27-20(24-19)21(25-26-27)32(28,29)14-9-7-13(22)8-10-14/h3-12H,2H2,1H3,(H,23,24). The van der Waals surface area contributed by atoms with Crippen LogP contribution in [0.25, 0.3) is 15.9 Å². The van der Waals surface area contributed by atoms with Crippen LogP contribution in [0.15, 0.2) is 69.9 Å². The number of fused-ring (bicyclic) bond motifs is 3. The monoisotopic (exact) mass is 485 g/mol. The van der Waals surface area contributed by atoms with Crippen molar-refractivity contribution in [2.45, 2.75) is 16.8 Å². The number of rotatable bonds is 6. The summed E-state index contributed by atoms with van der Waals surface area (Å²) in [7, 11) is -3.96. The lowest BCUT2D eigenvalue weighted by Gasteiger charge is -2.12. The maximum absolute atomic E-state index is 13.3. The lowest BCUT2D eigenvalue weighted by Crippen LogP contribution is -2.05. The van der Waals surface area contributed by atoms with Crippen LogP contribution >= 0.6 is 22.9 Å². The van der Waals surface area contributed by atoms with Gasteiger partial charge in [0.2, 0.25) is 14.9 Å². The van der Waals surface area contributed by atoms with E-state index < -0.39 is 9.84 Å². The zero-order valence-electron chi connectivity index (χ0n) is 16.7. The maximum atomic E-state index is 13.3. The van der Waals surface area contributed by atoms with Crippen molar-refractivity contribution in [3.63, 3.8) is 0 Å². The number of halogens is 1. The van der Waals surface area contributed by atoms with Gasteiger partial charge in [-0.25, -0.2) is 13.4 Å². The molecule has 0 spiro atoms. The Bertz CT molecular complexity index is 1550. The number of hydrogen-bond donors (Lipinski definition) is 1. The Morgan fingerprint density at radius 2 is 1.91 bits per heavy atom. The number of benzene rings is 2. The van der Waals surface area contributed by atoms with Gasteiger partial charge in [0.25, 0.3) is 0 Å². The number of ether oxygens (including phenoxy) is 1. The van der Waals surface area contributed by atoms with Gasteiger partial charge in [0, 0.05) is 5.02 Å². The number of hydrogen-bond acceptors (Lipinski definition) is 8. The van der Waals surface area contributed by atoms with E-state index in [4.69, 9.17) is 16.3 Å². The van der Waals surface area contributed by atoms with E-state index in [-0.39, 0.29) is 15.6 Å². The first-order valence-electron chi connectivity index (χ1n) is 9.61. The van der Waals surface area contributed by atoms with Crippen molar-refractivity contribution in [3.8, 4) is 5.75 Å². The Hall–Kier alpha value is -3.21. The van der Waals surface area contributed by atoms with Crippen molar-refractivity contribution >= 4 is 60.1 Å². The second-order valence-electron chi connectivity index (χ2n) is 6.74. The van der Waals surface area contributed by atoms with E-state index in [9.17, 15) is 8.42 Å². The predicted octanol–water partition coefficient (Wildman–Crippen LogP) is 4.97. The van der Waals surface area contributed by atoms with Gasteiger partial charge in [-0.15, -0.1) is 16.4 Å². The first kappa shape index (κ1) is 20.7. The Morgan fingerprint density at radius 1 is 1.12 bits per heavy atom. The molecule has 3 aromatic heterocycles. The van der Waals surface area contributed by atoms with Crippen LogP contribution in [0.2, 0.25) is 5.02 Å². The number of nitrogens with one attached hydrogen (secondary N) is 1. The number of thiophene rings is 1. The Morgan fingerprint density at radius 3 is 2.69 bits per heavy atom. The normalized spacial score (nSPS) is 11.8. The molecule has 0 bridgehead atoms. The van der Waals surface area contributed by atoms with E-state index in [1.54, 1.807) is 0 Å². The van der Waals surface area contributed by atoms with Crippen molar-refractivity contribution in [2.75, 3.05) is 11.9 Å². The largest absolute Gasteiger partial charge is 0.492 e. The van der Waals surface area contributed by atoms with Gasteiger partial charge in [-0.05, 0) is 54.8 Å². The van der Waals surface area contributed by atoms with Crippen molar-refractivity contribution in [2.24, 2.45) is 0 Å². The summed E-state index contributed by atoms with van der Waals surface area (Å²) in [6.45, 7) is 2.42. The van der Waals surface area contributed by atoms with Crippen molar-refractivity contribution in [1.82, 2.24) is 19.8 Å². The zero-order valence-corrected chi connectivity index (χ0v) is 19.1. The van der Waals surface area contributed by atoms with Crippen LogP contribution in [-0.2, 0) is 9.84 Å². The highest BCUT2D eigenvalue weighted by Gasteiger charge is 2.27. The first-order valence-corrected chi connectivity index (χ1v) is 12.3. The molecule has 0 saturated heterocycles. The second kappa shape index (κ2) is 8.05. The summed E-state index contributed by atoms with van der Waals surface area (Å²) >= 11 is 7.37. The molecule has 5 aromatic rings. The summed E-state index contributed by atoms with van der Waals surface area (Å²) in [5.74, 6) is 1.16. The van der Waals surface area contributed by atoms with Gasteiger partial charge < -0.3 is 10.1 Å². The van der Waals surface area contributed by atoms with E-state index in [0.717, 1.165) is 10.4 Å². The van der Waals surface area contributed by atoms with E-state index in [2.05, 4.69) is 20.6 Å². The van der Waals surface area contributed by atoms with Crippen molar-refractivity contribution < 1.29 is 13.2 Å². The minimum absolute atomic E-state index is 0.0627. The third-order valence-electron chi connectivity index (χ3n) is 4.74. The molecule has 5 rings (SSSR count). The maximum Gasteiger partial charge on any atom is 0.229 e. The average Bonchev–Trinajstić information content (AvgIpc) is 3.43. The molecule has 0 fully saturated rings. The highest BCUT2D eigenvalue weighted by Crippen LogP contribution is 2.35. The summed E-state index contributed by atoms with van der Waals surface area (Å²) < 4.78 is 34.5. The Kier molecular flexibility index (Phi) is 5.20. The molecular weight excluding hydrogens is 470 g/mol. The zero-order chi connectivity index (χ0) is 22.3. The Labute approximate surface area is 192 Å². The van der Waals surface area contributed by atoms with Crippen LogP contribution in [0, 0.1) is 0 Å². The Balaban J connectivity index is 1.69.